The van der Waals surface area contributed by atoms with E-state index in [1.807, 2.05) is 0 Å². The monoisotopic (exact) mass is 207 g/mol. The number of nitrogens with two attached hydrogens (primary N) is 1. The first-order chi connectivity index (χ1) is 6.98. The average molecular weight is 207 g/mol. The second kappa shape index (κ2) is 3.93. The highest BCUT2D eigenvalue weighted by Crippen LogP contribution is 2.45. The molecule has 0 radical (unpaired) electrons. The molecular weight excluding hydrogens is 182 g/mol. The number of rotatable bonds is 1. The summed E-state index contributed by atoms with van der Waals surface area (Å²) in [5.41, 5.74) is 7.91. The Morgan fingerprint density at radius 1 is 1.27 bits per heavy atom. The van der Waals surface area contributed by atoms with Crippen LogP contribution in [0.5, 0.6) is 0 Å². The molecule has 1 fully saturated rings. The standard InChI is InChI=1S/C14H25N/c1-10-5-4-6-11-7-8-12(9-13(10)11)14(2,3)15/h5,11-13H,4,6-9,15H2,1-3H3/t11?,12-,13?/m1/s1. The number of fused-ring (bicyclic) bond motifs is 1. The highest BCUT2D eigenvalue weighted by atomic mass is 14.7. The zero-order chi connectivity index (χ0) is 11.1. The van der Waals surface area contributed by atoms with Crippen LogP contribution in [0.3, 0.4) is 0 Å². The third-order valence-electron chi connectivity index (χ3n) is 4.63. The van der Waals surface area contributed by atoms with Crippen molar-refractivity contribution in [2.45, 2.75) is 58.4 Å². The maximum Gasteiger partial charge on any atom is 0.0126 e. The molecule has 1 saturated carbocycles. The van der Waals surface area contributed by atoms with Gasteiger partial charge in [0.25, 0.3) is 0 Å². The Bertz CT molecular complexity index is 259. The van der Waals surface area contributed by atoms with Crippen LogP contribution >= 0.6 is 0 Å². The smallest absolute Gasteiger partial charge is 0.0126 e. The number of allylic oxidation sites excluding steroid dienone is 2. The largest absolute Gasteiger partial charge is 0.325 e. The molecule has 0 aromatic rings. The average Bonchev–Trinajstić information content (AvgIpc) is 2.16. The van der Waals surface area contributed by atoms with E-state index < -0.39 is 0 Å². The molecule has 2 aliphatic rings. The fourth-order valence-electron chi connectivity index (χ4n) is 3.49. The first-order valence-corrected chi connectivity index (χ1v) is 6.44. The van der Waals surface area contributed by atoms with Gasteiger partial charge in [0.2, 0.25) is 0 Å². The lowest BCUT2D eigenvalue weighted by Crippen LogP contribution is -2.45. The van der Waals surface area contributed by atoms with E-state index in [-0.39, 0.29) is 5.54 Å². The van der Waals surface area contributed by atoms with Crippen molar-refractivity contribution >= 4 is 0 Å². The minimum Gasteiger partial charge on any atom is -0.325 e. The molecule has 2 unspecified atom stereocenters. The molecule has 0 bridgehead atoms. The highest BCUT2D eigenvalue weighted by Gasteiger charge is 2.37. The van der Waals surface area contributed by atoms with Crippen LogP contribution in [0.2, 0.25) is 0 Å². The van der Waals surface area contributed by atoms with E-state index in [0.717, 1.165) is 17.8 Å². The molecule has 15 heavy (non-hydrogen) atoms. The van der Waals surface area contributed by atoms with Crippen LogP contribution in [-0.2, 0) is 0 Å². The van der Waals surface area contributed by atoms with Gasteiger partial charge in [-0.3, -0.25) is 0 Å². The van der Waals surface area contributed by atoms with Gasteiger partial charge in [-0.15, -0.1) is 0 Å². The van der Waals surface area contributed by atoms with Crippen LogP contribution in [0.15, 0.2) is 11.6 Å². The molecular formula is C14H25N. The van der Waals surface area contributed by atoms with Gasteiger partial charge in [0.05, 0.1) is 0 Å². The summed E-state index contributed by atoms with van der Waals surface area (Å²) in [7, 11) is 0. The Kier molecular flexibility index (Phi) is 2.94. The van der Waals surface area contributed by atoms with Crippen LogP contribution in [0.25, 0.3) is 0 Å². The summed E-state index contributed by atoms with van der Waals surface area (Å²) in [4.78, 5) is 0. The van der Waals surface area contributed by atoms with E-state index in [2.05, 4.69) is 26.8 Å². The number of hydrogen-bond donors (Lipinski definition) is 1. The van der Waals surface area contributed by atoms with Crippen molar-refractivity contribution < 1.29 is 0 Å². The van der Waals surface area contributed by atoms with E-state index in [0.29, 0.717) is 0 Å². The summed E-state index contributed by atoms with van der Waals surface area (Å²) in [6.45, 7) is 6.71. The lowest BCUT2D eigenvalue weighted by Gasteiger charge is -2.43. The molecule has 0 aromatic heterocycles. The van der Waals surface area contributed by atoms with E-state index in [9.17, 15) is 0 Å². The molecule has 3 atom stereocenters. The molecule has 1 nitrogen and oxygen atoms in total. The van der Waals surface area contributed by atoms with Crippen LogP contribution in [0.4, 0.5) is 0 Å². The Morgan fingerprint density at radius 3 is 2.67 bits per heavy atom. The summed E-state index contributed by atoms with van der Waals surface area (Å²) in [5.74, 6) is 2.54. The van der Waals surface area contributed by atoms with Crippen molar-refractivity contribution in [3.8, 4) is 0 Å². The SMILES string of the molecule is CC1=CCCC2CC[C@@H](C(C)(C)N)CC12. The second-order valence-electron chi connectivity index (χ2n) is 6.22. The summed E-state index contributed by atoms with van der Waals surface area (Å²) >= 11 is 0. The van der Waals surface area contributed by atoms with E-state index in [1.165, 1.54) is 32.1 Å². The van der Waals surface area contributed by atoms with E-state index >= 15 is 0 Å². The summed E-state index contributed by atoms with van der Waals surface area (Å²) in [5, 5.41) is 0. The minimum atomic E-state index is 0.0166. The van der Waals surface area contributed by atoms with Crippen molar-refractivity contribution in [2.75, 3.05) is 0 Å². The Labute approximate surface area is 94.1 Å². The van der Waals surface area contributed by atoms with Crippen LogP contribution in [-0.4, -0.2) is 5.54 Å². The molecule has 0 heterocycles. The predicted molar refractivity (Wildman–Crippen MR) is 65.6 cm³/mol. The first kappa shape index (κ1) is 11.2. The molecule has 2 aliphatic carbocycles. The quantitative estimate of drug-likeness (QED) is 0.654. The van der Waals surface area contributed by atoms with Gasteiger partial charge in [-0.1, -0.05) is 11.6 Å². The third kappa shape index (κ3) is 2.28. The second-order valence-corrected chi connectivity index (χ2v) is 6.22. The van der Waals surface area contributed by atoms with Gasteiger partial charge in [-0.25, -0.2) is 0 Å². The summed E-state index contributed by atoms with van der Waals surface area (Å²) in [6, 6.07) is 0. The topological polar surface area (TPSA) is 26.0 Å². The van der Waals surface area contributed by atoms with Gasteiger partial charge in [0.15, 0.2) is 0 Å². The van der Waals surface area contributed by atoms with Crippen molar-refractivity contribution in [1.29, 1.82) is 0 Å². The van der Waals surface area contributed by atoms with Crippen LogP contribution in [0, 0.1) is 17.8 Å². The van der Waals surface area contributed by atoms with E-state index in [1.54, 1.807) is 5.57 Å². The van der Waals surface area contributed by atoms with Crippen molar-refractivity contribution in [1.82, 2.24) is 0 Å². The van der Waals surface area contributed by atoms with Gasteiger partial charge < -0.3 is 5.73 Å². The van der Waals surface area contributed by atoms with Crippen molar-refractivity contribution in [3.63, 3.8) is 0 Å². The van der Waals surface area contributed by atoms with Crippen molar-refractivity contribution in [2.24, 2.45) is 23.5 Å². The summed E-state index contributed by atoms with van der Waals surface area (Å²) < 4.78 is 0. The fraction of sp³-hybridized carbons (Fsp3) is 0.857. The van der Waals surface area contributed by atoms with Gasteiger partial charge >= 0.3 is 0 Å². The van der Waals surface area contributed by atoms with Crippen LogP contribution < -0.4 is 5.73 Å². The predicted octanol–water partition coefficient (Wildman–Crippen LogP) is 3.50. The molecule has 2 N–H and O–H groups in total. The normalized spacial score (nSPS) is 37.1. The maximum atomic E-state index is 6.26. The fourth-order valence-corrected chi connectivity index (χ4v) is 3.49. The third-order valence-corrected chi connectivity index (χ3v) is 4.63. The lowest BCUT2D eigenvalue weighted by molar-refractivity contribution is 0.140. The molecule has 0 aromatic carbocycles. The highest BCUT2D eigenvalue weighted by molar-refractivity contribution is 5.11. The molecule has 0 aliphatic heterocycles. The van der Waals surface area contributed by atoms with Gasteiger partial charge in [0, 0.05) is 5.54 Å². The molecule has 86 valence electrons. The zero-order valence-corrected chi connectivity index (χ0v) is 10.4. The Balaban J connectivity index is 2.09. The zero-order valence-electron chi connectivity index (χ0n) is 10.4. The summed E-state index contributed by atoms with van der Waals surface area (Å²) in [6.07, 6.45) is 9.26. The number of hydrogen-bond acceptors (Lipinski definition) is 1. The first-order valence-electron chi connectivity index (χ1n) is 6.44. The van der Waals surface area contributed by atoms with E-state index in [4.69, 9.17) is 5.73 Å². The van der Waals surface area contributed by atoms with Gasteiger partial charge in [0.1, 0.15) is 0 Å². The molecule has 2 rings (SSSR count). The molecule has 0 amide bonds. The Hall–Kier alpha value is -0.300. The molecule has 0 spiro atoms. The van der Waals surface area contributed by atoms with Gasteiger partial charge in [-0.05, 0) is 70.6 Å². The minimum absolute atomic E-state index is 0.0166. The lowest BCUT2D eigenvalue weighted by atomic mass is 9.63. The molecule has 1 heteroatoms. The van der Waals surface area contributed by atoms with Crippen molar-refractivity contribution in [3.05, 3.63) is 11.6 Å². The molecule has 0 saturated heterocycles. The Morgan fingerprint density at radius 2 is 2.00 bits per heavy atom. The van der Waals surface area contributed by atoms with Gasteiger partial charge in [-0.2, -0.15) is 0 Å². The van der Waals surface area contributed by atoms with Crippen LogP contribution in [0.1, 0.15) is 52.9 Å². The maximum absolute atomic E-state index is 6.26.